The van der Waals surface area contributed by atoms with Crippen molar-refractivity contribution in [3.05, 3.63) is 46.7 Å². The number of nitrogens with one attached hydrogen (secondary N) is 1. The molecule has 3 aliphatic heterocycles. The number of hydrogen-bond acceptors (Lipinski definition) is 5. The molecule has 0 unspecified atom stereocenters. The van der Waals surface area contributed by atoms with Crippen LogP contribution in [0, 0.1) is 17.9 Å². The molecule has 166 valence electrons. The Kier molecular flexibility index (Phi) is 4.19. The van der Waals surface area contributed by atoms with Crippen molar-refractivity contribution in [1.82, 2.24) is 25.0 Å². The van der Waals surface area contributed by atoms with Crippen LogP contribution >= 0.6 is 0 Å². The predicted octanol–water partition coefficient (Wildman–Crippen LogP) is 2.59. The lowest BCUT2D eigenvalue weighted by molar-refractivity contribution is 0.00121. The zero-order valence-electron chi connectivity index (χ0n) is 18.8. The zero-order valence-corrected chi connectivity index (χ0v) is 18.8. The molecule has 1 spiro atoms. The van der Waals surface area contributed by atoms with Gasteiger partial charge in [-0.2, -0.15) is 5.10 Å². The molecule has 1 aliphatic carbocycles. The summed E-state index contributed by atoms with van der Waals surface area (Å²) in [5, 5.41) is 7.78. The van der Waals surface area contributed by atoms with E-state index < -0.39 is 5.54 Å². The standard InChI is InChI=1S/C24H29N7O/c1-23(25-2,16-4-5-16)19-12-18(21-17(27-19)13-26-22(21)32)31-9-6-20(28-31)30-10-7-24(8-11-30)14-29(3)15-24/h6,9,12,16H,4-5,7-8,10-11,13-15H2,1,3H3,(H,26,32)/t23-/m0/s1. The van der Waals surface area contributed by atoms with Crippen LogP contribution < -0.4 is 10.2 Å². The minimum atomic E-state index is -0.650. The number of nitrogens with zero attached hydrogens (tertiary/aromatic N) is 6. The van der Waals surface area contributed by atoms with Crippen molar-refractivity contribution in [3.63, 3.8) is 0 Å². The summed E-state index contributed by atoms with van der Waals surface area (Å²) in [5.74, 6) is 1.17. The first-order valence-corrected chi connectivity index (χ1v) is 11.6. The van der Waals surface area contributed by atoms with Gasteiger partial charge in [0.15, 0.2) is 5.82 Å². The molecule has 2 saturated heterocycles. The smallest absolute Gasteiger partial charge is 0.274 e. The van der Waals surface area contributed by atoms with Gasteiger partial charge in [0.2, 0.25) is 0 Å². The zero-order chi connectivity index (χ0) is 22.1. The van der Waals surface area contributed by atoms with Gasteiger partial charge in [0.1, 0.15) is 5.69 Å². The first kappa shape index (κ1) is 19.7. The topological polar surface area (TPSA) is 70.7 Å². The molecule has 8 nitrogen and oxygen atoms in total. The minimum absolute atomic E-state index is 0.115. The molecule has 2 aromatic rings. The molecule has 1 atom stereocenters. The van der Waals surface area contributed by atoms with E-state index in [2.05, 4.69) is 27.0 Å². The van der Waals surface area contributed by atoms with Crippen LogP contribution in [-0.4, -0.2) is 58.8 Å². The van der Waals surface area contributed by atoms with Gasteiger partial charge in [-0.1, -0.05) is 0 Å². The molecule has 4 aliphatic rings. The highest BCUT2D eigenvalue weighted by Crippen LogP contribution is 2.48. The first-order chi connectivity index (χ1) is 15.4. The number of aromatic nitrogens is 3. The lowest BCUT2D eigenvalue weighted by atomic mass is 9.72. The highest BCUT2D eigenvalue weighted by atomic mass is 16.2. The van der Waals surface area contributed by atoms with Gasteiger partial charge in [0, 0.05) is 51.3 Å². The summed E-state index contributed by atoms with van der Waals surface area (Å²) in [6.07, 6.45) is 6.46. The molecule has 32 heavy (non-hydrogen) atoms. The van der Waals surface area contributed by atoms with Crippen LogP contribution in [0.5, 0.6) is 0 Å². The Morgan fingerprint density at radius 1 is 1.28 bits per heavy atom. The van der Waals surface area contributed by atoms with Crippen LogP contribution in [0.25, 0.3) is 10.5 Å². The third-order valence-corrected chi connectivity index (χ3v) is 8.02. The van der Waals surface area contributed by atoms with Crippen molar-refractivity contribution >= 4 is 11.7 Å². The summed E-state index contributed by atoms with van der Waals surface area (Å²) in [7, 11) is 2.19. The maximum absolute atomic E-state index is 12.6. The quantitative estimate of drug-likeness (QED) is 0.754. The highest BCUT2D eigenvalue weighted by molar-refractivity contribution is 6.01. The van der Waals surface area contributed by atoms with Crippen molar-refractivity contribution in [2.75, 3.05) is 38.1 Å². The van der Waals surface area contributed by atoms with Crippen LogP contribution in [0.1, 0.15) is 54.4 Å². The van der Waals surface area contributed by atoms with Crippen molar-refractivity contribution in [3.8, 4) is 5.69 Å². The number of anilines is 1. The molecule has 8 heteroatoms. The molecule has 5 heterocycles. The summed E-state index contributed by atoms with van der Waals surface area (Å²) in [6, 6.07) is 3.96. The van der Waals surface area contributed by atoms with Crippen LogP contribution in [0.2, 0.25) is 0 Å². The second-order valence-corrected chi connectivity index (χ2v) is 10.3. The Balaban J connectivity index is 1.32. The molecular formula is C24H29N7O. The summed E-state index contributed by atoms with van der Waals surface area (Å²) in [6.45, 7) is 14.7. The molecular weight excluding hydrogens is 402 g/mol. The Bertz CT molecular complexity index is 1130. The average Bonchev–Trinajstić information content (AvgIpc) is 3.41. The van der Waals surface area contributed by atoms with E-state index in [0.29, 0.717) is 23.4 Å². The fourth-order valence-electron chi connectivity index (χ4n) is 5.90. The van der Waals surface area contributed by atoms with Crippen molar-refractivity contribution in [2.45, 2.75) is 44.7 Å². The Hall–Kier alpha value is -2.92. The van der Waals surface area contributed by atoms with Crippen molar-refractivity contribution in [2.24, 2.45) is 11.3 Å². The molecule has 1 saturated carbocycles. The predicted molar refractivity (Wildman–Crippen MR) is 121 cm³/mol. The molecule has 6 rings (SSSR count). The number of hydrogen-bond donors (Lipinski definition) is 1. The summed E-state index contributed by atoms with van der Waals surface area (Å²) < 4.78 is 1.81. The van der Waals surface area contributed by atoms with Gasteiger partial charge in [-0.05, 0) is 44.2 Å². The van der Waals surface area contributed by atoms with E-state index in [-0.39, 0.29) is 5.91 Å². The Morgan fingerprint density at radius 2 is 2.03 bits per heavy atom. The molecule has 0 radical (unpaired) electrons. The molecule has 1 amide bonds. The van der Waals surface area contributed by atoms with Crippen molar-refractivity contribution < 1.29 is 4.79 Å². The van der Waals surface area contributed by atoms with Crippen LogP contribution in [-0.2, 0) is 12.1 Å². The maximum atomic E-state index is 12.6. The SMILES string of the molecule is [C-]#[N+][C@](C)(c1cc(-n2ccc(N3CCC4(CC3)CN(C)C4)n2)c2c(n1)CNC2=O)C1CC1. The molecule has 0 aromatic carbocycles. The van der Waals surface area contributed by atoms with Gasteiger partial charge in [-0.15, -0.1) is 0 Å². The van der Waals surface area contributed by atoms with Gasteiger partial charge in [0.25, 0.3) is 11.4 Å². The van der Waals surface area contributed by atoms with E-state index in [1.807, 2.05) is 29.9 Å². The van der Waals surface area contributed by atoms with Gasteiger partial charge < -0.3 is 20.0 Å². The average molecular weight is 432 g/mol. The molecule has 1 N–H and O–H groups in total. The number of rotatable bonds is 4. The van der Waals surface area contributed by atoms with Gasteiger partial charge in [-0.3, -0.25) is 4.79 Å². The van der Waals surface area contributed by atoms with E-state index in [4.69, 9.17) is 16.7 Å². The van der Waals surface area contributed by atoms with Crippen molar-refractivity contribution in [1.29, 1.82) is 0 Å². The van der Waals surface area contributed by atoms with E-state index >= 15 is 0 Å². The monoisotopic (exact) mass is 431 g/mol. The largest absolute Gasteiger partial charge is 0.355 e. The second kappa shape index (κ2) is 6.79. The number of piperidine rings is 1. The van der Waals surface area contributed by atoms with Crippen LogP contribution in [0.4, 0.5) is 5.82 Å². The molecule has 2 aromatic heterocycles. The normalized spacial score (nSPS) is 23.9. The summed E-state index contributed by atoms with van der Waals surface area (Å²) >= 11 is 0. The molecule has 0 bridgehead atoms. The van der Waals surface area contributed by atoms with Crippen LogP contribution in [0.15, 0.2) is 18.3 Å². The minimum Gasteiger partial charge on any atom is -0.355 e. The van der Waals surface area contributed by atoms with Gasteiger partial charge in [-0.25, -0.2) is 16.2 Å². The first-order valence-electron chi connectivity index (χ1n) is 11.6. The van der Waals surface area contributed by atoms with Gasteiger partial charge >= 0.3 is 0 Å². The Morgan fingerprint density at radius 3 is 2.69 bits per heavy atom. The summed E-state index contributed by atoms with van der Waals surface area (Å²) in [4.78, 5) is 26.1. The van der Waals surface area contributed by atoms with Crippen LogP contribution in [0.3, 0.4) is 0 Å². The number of carbonyl (C=O) groups is 1. The number of fused-ring (bicyclic) bond motifs is 1. The highest BCUT2D eigenvalue weighted by Gasteiger charge is 2.51. The third-order valence-electron chi connectivity index (χ3n) is 8.02. The van der Waals surface area contributed by atoms with E-state index in [0.717, 1.165) is 48.8 Å². The van der Waals surface area contributed by atoms with E-state index in [1.54, 1.807) is 0 Å². The third kappa shape index (κ3) is 2.95. The fourth-order valence-corrected chi connectivity index (χ4v) is 5.90. The Labute approximate surface area is 188 Å². The van der Waals surface area contributed by atoms with Gasteiger partial charge in [0.05, 0.1) is 23.5 Å². The number of pyridine rings is 1. The lowest BCUT2D eigenvalue weighted by Crippen LogP contribution is -2.58. The maximum Gasteiger partial charge on any atom is 0.274 e. The number of carbonyl (C=O) groups excluding carboxylic acids is 1. The van der Waals surface area contributed by atoms with E-state index in [9.17, 15) is 4.79 Å². The number of amides is 1. The number of likely N-dealkylation sites (tertiary alicyclic amines) is 1. The lowest BCUT2D eigenvalue weighted by Gasteiger charge is -2.53. The second-order valence-electron chi connectivity index (χ2n) is 10.3. The molecule has 3 fully saturated rings. The van der Waals surface area contributed by atoms with E-state index in [1.165, 1.54) is 25.9 Å². The summed E-state index contributed by atoms with van der Waals surface area (Å²) in [5.41, 5.74) is 2.65. The fraction of sp³-hybridized carbons (Fsp3) is 0.583.